The molecule has 0 radical (unpaired) electrons. The van der Waals surface area contributed by atoms with E-state index in [1.165, 1.54) is 6.07 Å². The number of esters is 2. The van der Waals surface area contributed by atoms with E-state index in [0.717, 1.165) is 22.3 Å². The summed E-state index contributed by atoms with van der Waals surface area (Å²) in [6.07, 6.45) is 0. The third-order valence-electron chi connectivity index (χ3n) is 7.03. The van der Waals surface area contributed by atoms with Gasteiger partial charge < -0.3 is 23.7 Å². The van der Waals surface area contributed by atoms with Crippen molar-refractivity contribution in [2.24, 2.45) is 0 Å². The summed E-state index contributed by atoms with van der Waals surface area (Å²) >= 11 is 0. The number of benzene rings is 5. The molecule has 0 atom stereocenters. The van der Waals surface area contributed by atoms with Crippen LogP contribution in [0.15, 0.2) is 133 Å². The molecule has 0 heterocycles. The summed E-state index contributed by atoms with van der Waals surface area (Å²) < 4.78 is 28.2. The number of hydrogen-bond donors (Lipinski definition) is 0. The average molecular weight is 617 g/mol. The van der Waals surface area contributed by atoms with Crippen molar-refractivity contribution in [1.29, 1.82) is 0 Å². The third-order valence-corrected chi connectivity index (χ3v) is 7.03. The number of carbonyl (C=O) groups is 2. The Morgan fingerprint density at radius 1 is 0.478 bits per heavy atom. The molecule has 0 aromatic heterocycles. The van der Waals surface area contributed by atoms with Crippen molar-refractivity contribution in [2.45, 2.75) is 19.8 Å². The van der Waals surface area contributed by atoms with Gasteiger partial charge in [-0.3, -0.25) is 0 Å². The number of hydrogen-bond acceptors (Lipinski definition) is 7. The van der Waals surface area contributed by atoms with Crippen molar-refractivity contribution in [3.63, 3.8) is 0 Å². The van der Waals surface area contributed by atoms with Gasteiger partial charge in [-0.15, -0.1) is 0 Å². The van der Waals surface area contributed by atoms with Crippen LogP contribution in [0.2, 0.25) is 0 Å². The fourth-order valence-corrected chi connectivity index (χ4v) is 4.64. The molecule has 0 aliphatic heterocycles. The van der Waals surface area contributed by atoms with Gasteiger partial charge in [-0.05, 0) is 52.1 Å². The Morgan fingerprint density at radius 3 is 1.52 bits per heavy atom. The summed E-state index contributed by atoms with van der Waals surface area (Å²) in [6.45, 7) is 1.90. The van der Waals surface area contributed by atoms with E-state index in [0.29, 0.717) is 31.1 Å². The standard InChI is InChI=1S/C39H36O7/c40-38(44-24-22-42-27-30-10-4-1-5-11-30)34-18-21-36(33-16-19-35(20-17-33)46-29-32-14-8-3-9-15-32)37(26-34)39(41)45-25-23-43-28-31-12-6-2-7-13-31/h1-21,26H,22-25,27-29H2. The number of rotatable bonds is 16. The molecule has 5 aromatic carbocycles. The van der Waals surface area contributed by atoms with Gasteiger partial charge >= 0.3 is 11.9 Å². The fourth-order valence-electron chi connectivity index (χ4n) is 4.64. The third kappa shape index (κ3) is 9.89. The maximum Gasteiger partial charge on any atom is 0.338 e. The van der Waals surface area contributed by atoms with Crippen LogP contribution in [0.5, 0.6) is 5.75 Å². The minimum atomic E-state index is -0.566. The molecule has 46 heavy (non-hydrogen) atoms. The van der Waals surface area contributed by atoms with Crippen LogP contribution >= 0.6 is 0 Å². The van der Waals surface area contributed by atoms with Gasteiger partial charge in [-0.25, -0.2) is 9.59 Å². The first kappa shape index (κ1) is 32.2. The summed E-state index contributed by atoms with van der Waals surface area (Å²) in [5.74, 6) is -0.426. The molecule has 5 rings (SSSR count). The van der Waals surface area contributed by atoms with Crippen LogP contribution in [-0.4, -0.2) is 38.4 Å². The van der Waals surface area contributed by atoms with Gasteiger partial charge in [0, 0.05) is 0 Å². The highest BCUT2D eigenvalue weighted by Crippen LogP contribution is 2.28. The van der Waals surface area contributed by atoms with E-state index in [1.807, 2.05) is 115 Å². The Balaban J connectivity index is 1.22. The first-order chi connectivity index (χ1) is 22.7. The SMILES string of the molecule is O=C(OCCOCc1ccccc1)c1ccc(-c2ccc(OCc3ccccc3)cc2)c(C(=O)OCCOCc2ccccc2)c1. The second-order valence-electron chi connectivity index (χ2n) is 10.4. The van der Waals surface area contributed by atoms with Crippen molar-refractivity contribution < 1.29 is 33.3 Å². The Bertz CT molecular complexity index is 1650. The van der Waals surface area contributed by atoms with E-state index in [1.54, 1.807) is 12.1 Å². The Morgan fingerprint density at radius 2 is 0.978 bits per heavy atom. The second kappa shape index (κ2) is 17.3. The maximum absolute atomic E-state index is 13.3. The Hall–Kier alpha value is -5.24. The van der Waals surface area contributed by atoms with E-state index in [2.05, 4.69) is 0 Å². The molecule has 0 aliphatic carbocycles. The smallest absolute Gasteiger partial charge is 0.338 e. The summed E-state index contributed by atoms with van der Waals surface area (Å²) in [5, 5.41) is 0. The molecule has 0 aliphatic rings. The van der Waals surface area contributed by atoms with Gasteiger partial charge in [0.1, 0.15) is 25.6 Å². The van der Waals surface area contributed by atoms with Crippen LogP contribution in [0.1, 0.15) is 37.4 Å². The zero-order valence-corrected chi connectivity index (χ0v) is 25.5. The van der Waals surface area contributed by atoms with Crippen LogP contribution < -0.4 is 4.74 Å². The predicted octanol–water partition coefficient (Wildman–Crippen LogP) is 7.68. The summed E-state index contributed by atoms with van der Waals surface area (Å²) in [7, 11) is 0. The van der Waals surface area contributed by atoms with E-state index in [9.17, 15) is 9.59 Å². The quantitative estimate of drug-likeness (QED) is 0.0831. The van der Waals surface area contributed by atoms with Crippen LogP contribution in [0.4, 0.5) is 0 Å². The van der Waals surface area contributed by atoms with Gasteiger partial charge in [-0.1, -0.05) is 109 Å². The van der Waals surface area contributed by atoms with Crippen molar-refractivity contribution in [1.82, 2.24) is 0 Å². The number of carbonyl (C=O) groups excluding carboxylic acids is 2. The van der Waals surface area contributed by atoms with E-state index >= 15 is 0 Å². The molecule has 0 unspecified atom stereocenters. The van der Waals surface area contributed by atoms with Gasteiger partial charge in [0.15, 0.2) is 0 Å². The molecular weight excluding hydrogens is 580 g/mol. The van der Waals surface area contributed by atoms with Crippen molar-refractivity contribution in [2.75, 3.05) is 26.4 Å². The second-order valence-corrected chi connectivity index (χ2v) is 10.4. The highest BCUT2D eigenvalue weighted by Gasteiger charge is 2.19. The van der Waals surface area contributed by atoms with Gasteiger partial charge in [0.25, 0.3) is 0 Å². The molecule has 234 valence electrons. The Labute approximate surface area is 269 Å². The summed E-state index contributed by atoms with van der Waals surface area (Å²) in [5.41, 5.74) is 5.01. The largest absolute Gasteiger partial charge is 0.489 e. The zero-order chi connectivity index (χ0) is 31.8. The molecule has 5 aromatic rings. The van der Waals surface area contributed by atoms with Crippen LogP contribution in [0.3, 0.4) is 0 Å². The van der Waals surface area contributed by atoms with Crippen LogP contribution in [0, 0.1) is 0 Å². The molecule has 0 saturated heterocycles. The first-order valence-electron chi connectivity index (χ1n) is 15.1. The van der Waals surface area contributed by atoms with Crippen molar-refractivity contribution in [3.05, 3.63) is 161 Å². The molecule has 7 nitrogen and oxygen atoms in total. The molecule has 0 N–H and O–H groups in total. The van der Waals surface area contributed by atoms with Crippen LogP contribution in [-0.2, 0) is 38.8 Å². The maximum atomic E-state index is 13.3. The lowest BCUT2D eigenvalue weighted by Crippen LogP contribution is -2.14. The molecule has 0 amide bonds. The normalized spacial score (nSPS) is 10.7. The molecule has 0 bridgehead atoms. The first-order valence-corrected chi connectivity index (χ1v) is 15.1. The van der Waals surface area contributed by atoms with Gasteiger partial charge in [-0.2, -0.15) is 0 Å². The summed E-state index contributed by atoms with van der Waals surface area (Å²) in [4.78, 5) is 26.2. The lowest BCUT2D eigenvalue weighted by atomic mass is 9.97. The number of ether oxygens (including phenoxy) is 5. The van der Waals surface area contributed by atoms with Gasteiger partial charge in [0.2, 0.25) is 0 Å². The van der Waals surface area contributed by atoms with Crippen molar-refractivity contribution >= 4 is 11.9 Å². The van der Waals surface area contributed by atoms with E-state index in [4.69, 9.17) is 23.7 Å². The molecule has 0 saturated carbocycles. The molecule has 0 spiro atoms. The topological polar surface area (TPSA) is 80.3 Å². The van der Waals surface area contributed by atoms with Crippen LogP contribution in [0.25, 0.3) is 11.1 Å². The lowest BCUT2D eigenvalue weighted by molar-refractivity contribution is 0.0285. The lowest BCUT2D eigenvalue weighted by Gasteiger charge is -2.13. The molecule has 7 heteroatoms. The predicted molar refractivity (Wildman–Crippen MR) is 175 cm³/mol. The highest BCUT2D eigenvalue weighted by molar-refractivity contribution is 6.01. The van der Waals surface area contributed by atoms with E-state index < -0.39 is 11.9 Å². The summed E-state index contributed by atoms with van der Waals surface area (Å²) in [6, 6.07) is 41.8. The molecule has 0 fully saturated rings. The highest BCUT2D eigenvalue weighted by atomic mass is 16.6. The molecular formula is C39H36O7. The van der Waals surface area contributed by atoms with E-state index in [-0.39, 0.29) is 37.6 Å². The zero-order valence-electron chi connectivity index (χ0n) is 25.5. The average Bonchev–Trinajstić information content (AvgIpc) is 3.11. The Kier molecular flexibility index (Phi) is 12.1. The monoisotopic (exact) mass is 616 g/mol. The minimum absolute atomic E-state index is 0.0603. The fraction of sp³-hybridized carbons (Fsp3) is 0.179. The van der Waals surface area contributed by atoms with Crippen molar-refractivity contribution in [3.8, 4) is 16.9 Å². The minimum Gasteiger partial charge on any atom is -0.489 e. The van der Waals surface area contributed by atoms with Gasteiger partial charge in [0.05, 0.1) is 37.6 Å².